The van der Waals surface area contributed by atoms with Gasteiger partial charge in [0.05, 0.1) is 0 Å². The summed E-state index contributed by atoms with van der Waals surface area (Å²) in [6.07, 6.45) is -4.82. The minimum atomic E-state index is -4.82. The van der Waals surface area contributed by atoms with Gasteiger partial charge in [-0.25, -0.2) is 0 Å². The van der Waals surface area contributed by atoms with Crippen LogP contribution in [0.2, 0.25) is 0 Å². The highest BCUT2D eigenvalue weighted by Crippen LogP contribution is 2.44. The Kier molecular flexibility index (Phi) is 3.12. The van der Waals surface area contributed by atoms with Crippen molar-refractivity contribution in [3.05, 3.63) is 35.2 Å². The SMILES string of the molecule is CC(N)C(O)(c1cccc2ccsc12)C(F)(F)F. The zero-order chi connectivity index (χ0) is 13.6. The topological polar surface area (TPSA) is 46.2 Å². The molecule has 0 fully saturated rings. The van der Waals surface area contributed by atoms with Crippen molar-refractivity contribution in [3.8, 4) is 0 Å². The fourth-order valence-electron chi connectivity index (χ4n) is 1.95. The van der Waals surface area contributed by atoms with Gasteiger partial charge in [0.15, 0.2) is 0 Å². The summed E-state index contributed by atoms with van der Waals surface area (Å²) in [4.78, 5) is 0. The van der Waals surface area contributed by atoms with Gasteiger partial charge in [-0.1, -0.05) is 18.2 Å². The molecule has 1 aromatic heterocycles. The zero-order valence-corrected chi connectivity index (χ0v) is 10.3. The molecule has 0 aliphatic carbocycles. The van der Waals surface area contributed by atoms with E-state index in [4.69, 9.17) is 5.73 Å². The van der Waals surface area contributed by atoms with Crippen molar-refractivity contribution in [1.82, 2.24) is 0 Å². The zero-order valence-electron chi connectivity index (χ0n) is 9.53. The second kappa shape index (κ2) is 4.22. The van der Waals surface area contributed by atoms with Crippen molar-refractivity contribution < 1.29 is 18.3 Å². The molecule has 2 atom stereocenters. The highest BCUT2D eigenvalue weighted by molar-refractivity contribution is 7.17. The molecular formula is C12H12F3NOS. The minimum absolute atomic E-state index is 0.183. The summed E-state index contributed by atoms with van der Waals surface area (Å²) >= 11 is 1.16. The van der Waals surface area contributed by atoms with Gasteiger partial charge < -0.3 is 10.8 Å². The molecule has 98 valence electrons. The molecule has 0 saturated carbocycles. The van der Waals surface area contributed by atoms with E-state index in [1.807, 2.05) is 0 Å². The standard InChI is InChI=1S/C12H12F3NOS/c1-7(16)11(17,12(13,14)15)9-4-2-3-8-5-6-18-10(8)9/h2-7,17H,16H2,1H3. The van der Waals surface area contributed by atoms with Gasteiger partial charge in [-0.3, -0.25) is 0 Å². The van der Waals surface area contributed by atoms with E-state index in [0.29, 0.717) is 10.1 Å². The van der Waals surface area contributed by atoms with E-state index in [1.165, 1.54) is 12.1 Å². The highest BCUT2D eigenvalue weighted by Gasteiger charge is 2.58. The monoisotopic (exact) mass is 275 g/mol. The first kappa shape index (κ1) is 13.3. The van der Waals surface area contributed by atoms with E-state index in [9.17, 15) is 18.3 Å². The quantitative estimate of drug-likeness (QED) is 0.885. The van der Waals surface area contributed by atoms with Crippen LogP contribution in [0.1, 0.15) is 12.5 Å². The molecule has 0 aliphatic rings. The number of nitrogens with two attached hydrogens (primary N) is 1. The maximum absolute atomic E-state index is 13.1. The van der Waals surface area contributed by atoms with Crippen molar-refractivity contribution in [3.63, 3.8) is 0 Å². The first-order valence-corrected chi connectivity index (χ1v) is 6.18. The van der Waals surface area contributed by atoms with Crippen LogP contribution in [0.5, 0.6) is 0 Å². The Morgan fingerprint density at radius 2 is 1.94 bits per heavy atom. The molecule has 0 spiro atoms. The van der Waals surface area contributed by atoms with Crippen LogP contribution in [0.3, 0.4) is 0 Å². The lowest BCUT2D eigenvalue weighted by Gasteiger charge is -2.34. The first-order chi connectivity index (χ1) is 8.28. The number of hydrogen-bond donors (Lipinski definition) is 2. The normalized spacial score (nSPS) is 17.7. The van der Waals surface area contributed by atoms with Crippen molar-refractivity contribution in [2.24, 2.45) is 5.73 Å². The molecule has 0 saturated heterocycles. The molecule has 0 bridgehead atoms. The van der Waals surface area contributed by atoms with Gasteiger partial charge in [-0.15, -0.1) is 11.3 Å². The van der Waals surface area contributed by atoms with Crippen molar-refractivity contribution in [2.75, 3.05) is 0 Å². The number of rotatable bonds is 2. The molecule has 2 nitrogen and oxygen atoms in total. The number of hydrogen-bond acceptors (Lipinski definition) is 3. The van der Waals surface area contributed by atoms with Crippen molar-refractivity contribution >= 4 is 21.4 Å². The third-order valence-corrected chi connectivity index (χ3v) is 3.94. The number of benzene rings is 1. The molecular weight excluding hydrogens is 263 g/mol. The van der Waals surface area contributed by atoms with Crippen LogP contribution in [0.4, 0.5) is 13.2 Å². The molecule has 2 aromatic rings. The Labute approximate surface area is 106 Å². The largest absolute Gasteiger partial charge is 0.423 e. The van der Waals surface area contributed by atoms with Gasteiger partial charge in [0.25, 0.3) is 0 Å². The molecule has 6 heteroatoms. The van der Waals surface area contributed by atoms with Crippen LogP contribution in [-0.4, -0.2) is 17.3 Å². The molecule has 2 rings (SSSR count). The third kappa shape index (κ3) is 1.81. The summed E-state index contributed by atoms with van der Waals surface area (Å²) in [5.74, 6) is 0. The molecule has 0 amide bonds. The first-order valence-electron chi connectivity index (χ1n) is 5.30. The second-order valence-corrected chi connectivity index (χ2v) is 5.11. The lowest BCUT2D eigenvalue weighted by molar-refractivity contribution is -0.272. The number of thiophene rings is 1. The average Bonchev–Trinajstić information content (AvgIpc) is 2.73. The Bertz CT molecular complexity index is 564. The summed E-state index contributed by atoms with van der Waals surface area (Å²) < 4.78 is 39.9. The lowest BCUT2D eigenvalue weighted by atomic mass is 9.86. The predicted octanol–water partition coefficient (Wildman–Crippen LogP) is 3.00. The Morgan fingerprint density at radius 3 is 2.50 bits per heavy atom. The molecule has 3 N–H and O–H groups in total. The van der Waals surface area contributed by atoms with E-state index in [-0.39, 0.29) is 5.56 Å². The highest BCUT2D eigenvalue weighted by atomic mass is 32.1. The molecule has 2 unspecified atom stereocenters. The van der Waals surface area contributed by atoms with Gasteiger partial charge in [-0.2, -0.15) is 13.2 Å². The van der Waals surface area contributed by atoms with Crippen LogP contribution in [0.15, 0.2) is 29.6 Å². The second-order valence-electron chi connectivity index (χ2n) is 4.20. The summed E-state index contributed by atoms with van der Waals surface area (Å²) in [5, 5.41) is 12.4. The smallest absolute Gasteiger partial charge is 0.375 e. The fourth-order valence-corrected chi connectivity index (χ4v) is 2.92. The fraction of sp³-hybridized carbons (Fsp3) is 0.333. The maximum Gasteiger partial charge on any atom is 0.423 e. The number of halogens is 3. The van der Waals surface area contributed by atoms with Crippen LogP contribution in [0.25, 0.3) is 10.1 Å². The van der Waals surface area contributed by atoms with Crippen LogP contribution in [0, 0.1) is 0 Å². The summed E-state index contributed by atoms with van der Waals surface area (Å²) in [7, 11) is 0. The lowest BCUT2D eigenvalue weighted by Crippen LogP contribution is -2.54. The van der Waals surface area contributed by atoms with Gasteiger partial charge in [-0.05, 0) is 23.8 Å². The predicted molar refractivity (Wildman–Crippen MR) is 65.4 cm³/mol. The molecule has 0 radical (unpaired) electrons. The van der Waals surface area contributed by atoms with Crippen LogP contribution < -0.4 is 5.73 Å². The molecule has 0 aliphatic heterocycles. The maximum atomic E-state index is 13.1. The third-order valence-electron chi connectivity index (χ3n) is 2.98. The number of aliphatic hydroxyl groups is 1. The number of alkyl halides is 3. The van der Waals surface area contributed by atoms with Crippen LogP contribution in [-0.2, 0) is 5.60 Å². The van der Waals surface area contributed by atoms with Crippen molar-refractivity contribution in [2.45, 2.75) is 24.7 Å². The van der Waals surface area contributed by atoms with Gasteiger partial charge in [0.1, 0.15) is 0 Å². The van der Waals surface area contributed by atoms with Gasteiger partial charge >= 0.3 is 6.18 Å². The Balaban J connectivity index is 2.74. The Hall–Kier alpha value is -1.11. The Morgan fingerprint density at radius 1 is 1.28 bits per heavy atom. The van der Waals surface area contributed by atoms with E-state index < -0.39 is 17.8 Å². The number of fused-ring (bicyclic) bond motifs is 1. The molecule has 1 aromatic carbocycles. The van der Waals surface area contributed by atoms with E-state index in [1.54, 1.807) is 17.5 Å². The van der Waals surface area contributed by atoms with Crippen molar-refractivity contribution in [1.29, 1.82) is 0 Å². The van der Waals surface area contributed by atoms with Gasteiger partial charge in [0, 0.05) is 16.3 Å². The van der Waals surface area contributed by atoms with Gasteiger partial charge in [0.2, 0.25) is 5.60 Å². The van der Waals surface area contributed by atoms with E-state index in [2.05, 4.69) is 0 Å². The average molecular weight is 275 g/mol. The molecule has 1 heterocycles. The van der Waals surface area contributed by atoms with E-state index in [0.717, 1.165) is 18.3 Å². The molecule has 18 heavy (non-hydrogen) atoms. The van der Waals surface area contributed by atoms with Crippen LogP contribution >= 0.6 is 11.3 Å². The summed E-state index contributed by atoms with van der Waals surface area (Å²) in [6, 6.07) is 4.72. The summed E-state index contributed by atoms with van der Waals surface area (Å²) in [5.41, 5.74) is 2.17. The summed E-state index contributed by atoms with van der Waals surface area (Å²) in [6.45, 7) is 1.15. The minimum Gasteiger partial charge on any atom is -0.375 e. The van der Waals surface area contributed by atoms with E-state index >= 15 is 0 Å².